The van der Waals surface area contributed by atoms with Crippen LogP contribution < -0.4 is 10.0 Å². The van der Waals surface area contributed by atoms with Crippen molar-refractivity contribution in [3.8, 4) is 0 Å². The van der Waals surface area contributed by atoms with E-state index in [1.165, 1.54) is 14.0 Å². The highest BCUT2D eigenvalue weighted by molar-refractivity contribution is 7.89. The second-order valence-electron chi connectivity index (χ2n) is 5.18. The van der Waals surface area contributed by atoms with Crippen molar-refractivity contribution in [1.29, 1.82) is 0 Å². The lowest BCUT2D eigenvalue weighted by Gasteiger charge is -2.25. The second kappa shape index (κ2) is 9.03. The first-order valence-electron chi connectivity index (χ1n) is 6.64. The van der Waals surface area contributed by atoms with Crippen LogP contribution in [0, 0.1) is 0 Å². The highest BCUT2D eigenvalue weighted by Crippen LogP contribution is 2.04. The van der Waals surface area contributed by atoms with Gasteiger partial charge in [0.05, 0.1) is 31.6 Å². The number of hydrogen-bond donors (Lipinski definition) is 3. The second-order valence-corrected chi connectivity index (χ2v) is 7.10. The van der Waals surface area contributed by atoms with E-state index in [1.807, 2.05) is 0 Å². The van der Waals surface area contributed by atoms with Crippen LogP contribution in [0.2, 0.25) is 0 Å². The summed E-state index contributed by atoms with van der Waals surface area (Å²) in [7, 11) is -2.38. The van der Waals surface area contributed by atoms with Gasteiger partial charge < -0.3 is 19.9 Å². The molecule has 3 N–H and O–H groups in total. The van der Waals surface area contributed by atoms with E-state index in [-0.39, 0.29) is 25.1 Å². The molecular formula is C12H24N2O7S. The quantitative estimate of drug-likeness (QED) is 0.437. The Labute approximate surface area is 130 Å². The highest BCUT2D eigenvalue weighted by atomic mass is 32.2. The summed E-state index contributed by atoms with van der Waals surface area (Å²) in [6.07, 6.45) is -0.0937. The zero-order chi connectivity index (χ0) is 17.4. The van der Waals surface area contributed by atoms with Crippen molar-refractivity contribution in [2.75, 3.05) is 32.6 Å². The zero-order valence-corrected chi connectivity index (χ0v) is 14.0. The minimum absolute atomic E-state index is 0.00509. The number of nitrogens with one attached hydrogen (secondary N) is 2. The summed E-state index contributed by atoms with van der Waals surface area (Å²) in [5, 5.41) is 11.3. The van der Waals surface area contributed by atoms with Crippen molar-refractivity contribution < 1.29 is 32.6 Å². The number of rotatable bonds is 11. The first-order chi connectivity index (χ1) is 10.0. The fourth-order valence-electron chi connectivity index (χ4n) is 1.43. The molecule has 0 rings (SSSR count). The number of sulfonamides is 1. The number of ether oxygens (including phenoxy) is 2. The predicted molar refractivity (Wildman–Crippen MR) is 78.9 cm³/mol. The molecular weight excluding hydrogens is 316 g/mol. The number of hydrogen-bond acceptors (Lipinski definition) is 6. The molecule has 0 aromatic heterocycles. The number of amides is 1. The third-order valence-corrected chi connectivity index (χ3v) is 3.86. The molecule has 0 aromatic carbocycles. The normalized spacial score (nSPS) is 14.6. The van der Waals surface area contributed by atoms with E-state index in [0.717, 1.165) is 0 Å². The molecule has 0 spiro atoms. The standard InChI is InChI=1S/C12H24N2O7S/c1-9(2)21-5-6-22(18,19)13-7-10(15)14-12(3,8-20-4)11(16)17/h9,13H,5-8H2,1-4H3,(H,14,15)(H,16,17). The van der Waals surface area contributed by atoms with E-state index < -0.39 is 34.0 Å². The number of aliphatic carboxylic acids is 1. The summed E-state index contributed by atoms with van der Waals surface area (Å²) in [5.74, 6) is -2.33. The maximum absolute atomic E-state index is 11.7. The van der Waals surface area contributed by atoms with Crippen molar-refractivity contribution >= 4 is 21.9 Å². The van der Waals surface area contributed by atoms with Crippen LogP contribution in [0.15, 0.2) is 0 Å². The van der Waals surface area contributed by atoms with Gasteiger partial charge in [0.2, 0.25) is 15.9 Å². The Balaban J connectivity index is 4.40. The van der Waals surface area contributed by atoms with Crippen molar-refractivity contribution in [3.05, 3.63) is 0 Å². The van der Waals surface area contributed by atoms with Crippen LogP contribution in [0.25, 0.3) is 0 Å². The molecule has 0 bridgehead atoms. The van der Waals surface area contributed by atoms with Gasteiger partial charge in [0.25, 0.3) is 0 Å². The summed E-state index contributed by atoms with van der Waals surface area (Å²) in [4.78, 5) is 22.8. The van der Waals surface area contributed by atoms with Crippen LogP contribution in [0.4, 0.5) is 0 Å². The Morgan fingerprint density at radius 2 is 1.91 bits per heavy atom. The summed E-state index contributed by atoms with van der Waals surface area (Å²) in [5.41, 5.74) is -1.63. The molecule has 0 aliphatic heterocycles. The summed E-state index contributed by atoms with van der Waals surface area (Å²) >= 11 is 0. The van der Waals surface area contributed by atoms with Gasteiger partial charge in [-0.05, 0) is 20.8 Å². The van der Waals surface area contributed by atoms with E-state index in [4.69, 9.17) is 14.6 Å². The zero-order valence-electron chi connectivity index (χ0n) is 13.2. The van der Waals surface area contributed by atoms with Crippen molar-refractivity contribution in [2.24, 2.45) is 0 Å². The molecule has 0 heterocycles. The molecule has 0 saturated carbocycles. The van der Waals surface area contributed by atoms with Crippen LogP contribution in [0.3, 0.4) is 0 Å². The van der Waals surface area contributed by atoms with Gasteiger partial charge >= 0.3 is 5.97 Å². The van der Waals surface area contributed by atoms with Crippen LogP contribution in [0.1, 0.15) is 20.8 Å². The lowest BCUT2D eigenvalue weighted by molar-refractivity contribution is -0.149. The Morgan fingerprint density at radius 1 is 1.32 bits per heavy atom. The lowest BCUT2D eigenvalue weighted by atomic mass is 10.0. The molecule has 0 aliphatic rings. The molecule has 1 atom stereocenters. The minimum Gasteiger partial charge on any atom is -0.479 e. The molecule has 1 amide bonds. The van der Waals surface area contributed by atoms with E-state index in [1.54, 1.807) is 13.8 Å². The monoisotopic (exact) mass is 340 g/mol. The van der Waals surface area contributed by atoms with E-state index in [2.05, 4.69) is 10.0 Å². The van der Waals surface area contributed by atoms with Gasteiger partial charge in [-0.2, -0.15) is 0 Å². The maximum atomic E-state index is 11.7. The number of carbonyl (C=O) groups is 2. The average Bonchev–Trinajstić information content (AvgIpc) is 2.36. The average molecular weight is 340 g/mol. The SMILES string of the molecule is COCC(C)(NC(=O)CNS(=O)(=O)CCOC(C)C)C(=O)O. The molecule has 0 fully saturated rings. The molecule has 0 radical (unpaired) electrons. The number of carboxylic acids is 1. The Hall–Kier alpha value is -1.23. The van der Waals surface area contributed by atoms with Gasteiger partial charge in [-0.3, -0.25) is 4.79 Å². The van der Waals surface area contributed by atoms with Crippen molar-refractivity contribution in [2.45, 2.75) is 32.4 Å². The van der Waals surface area contributed by atoms with Crippen LogP contribution >= 0.6 is 0 Å². The Bertz CT molecular complexity index is 478. The first kappa shape index (κ1) is 20.8. The van der Waals surface area contributed by atoms with Gasteiger partial charge in [0, 0.05) is 7.11 Å². The number of carboxylic acid groups (broad SMARTS) is 1. The molecule has 22 heavy (non-hydrogen) atoms. The van der Waals surface area contributed by atoms with Crippen molar-refractivity contribution in [3.63, 3.8) is 0 Å². The molecule has 10 heteroatoms. The molecule has 0 saturated heterocycles. The Kier molecular flexibility index (Phi) is 8.53. The molecule has 0 aliphatic carbocycles. The van der Waals surface area contributed by atoms with Crippen LogP contribution in [-0.2, 0) is 29.1 Å². The van der Waals surface area contributed by atoms with Crippen LogP contribution in [0.5, 0.6) is 0 Å². The molecule has 1 unspecified atom stereocenters. The minimum atomic E-state index is -3.67. The summed E-state index contributed by atoms with van der Waals surface area (Å²) < 4.78 is 35.2. The van der Waals surface area contributed by atoms with Gasteiger partial charge in [-0.15, -0.1) is 0 Å². The Morgan fingerprint density at radius 3 is 2.36 bits per heavy atom. The van der Waals surface area contributed by atoms with Crippen LogP contribution in [-0.4, -0.2) is 69.7 Å². The maximum Gasteiger partial charge on any atom is 0.331 e. The smallest absolute Gasteiger partial charge is 0.331 e. The number of methoxy groups -OCH3 is 1. The predicted octanol–water partition coefficient (Wildman–Crippen LogP) is -1.06. The third-order valence-electron chi connectivity index (χ3n) is 2.58. The first-order valence-corrected chi connectivity index (χ1v) is 8.30. The summed E-state index contributed by atoms with van der Waals surface area (Å²) in [6.45, 7) is 4.01. The van der Waals surface area contributed by atoms with E-state index in [0.29, 0.717) is 0 Å². The number of carbonyl (C=O) groups excluding carboxylic acids is 1. The van der Waals surface area contributed by atoms with Crippen molar-refractivity contribution in [1.82, 2.24) is 10.0 Å². The van der Waals surface area contributed by atoms with Gasteiger partial charge in [-0.1, -0.05) is 0 Å². The topological polar surface area (TPSA) is 131 Å². The third kappa shape index (κ3) is 8.27. The van der Waals surface area contributed by atoms with E-state index >= 15 is 0 Å². The fourth-order valence-corrected chi connectivity index (χ4v) is 2.24. The molecule has 9 nitrogen and oxygen atoms in total. The lowest BCUT2D eigenvalue weighted by Crippen LogP contribution is -2.57. The largest absolute Gasteiger partial charge is 0.479 e. The fraction of sp³-hybridized carbons (Fsp3) is 0.833. The van der Waals surface area contributed by atoms with Gasteiger partial charge in [0.1, 0.15) is 0 Å². The molecule has 130 valence electrons. The van der Waals surface area contributed by atoms with Gasteiger partial charge in [0.15, 0.2) is 5.54 Å². The summed E-state index contributed by atoms with van der Waals surface area (Å²) in [6, 6.07) is 0. The van der Waals surface area contributed by atoms with Gasteiger partial charge in [-0.25, -0.2) is 17.9 Å². The molecule has 0 aromatic rings. The highest BCUT2D eigenvalue weighted by Gasteiger charge is 2.35. The van der Waals surface area contributed by atoms with E-state index in [9.17, 15) is 18.0 Å².